The first-order valence-electron chi connectivity index (χ1n) is 7.67. The van der Waals surface area contributed by atoms with Crippen molar-refractivity contribution in [3.8, 4) is 29.2 Å². The van der Waals surface area contributed by atoms with Crippen molar-refractivity contribution in [1.82, 2.24) is 15.0 Å². The molecule has 5 nitrogen and oxygen atoms in total. The van der Waals surface area contributed by atoms with E-state index in [-0.39, 0.29) is 0 Å². The van der Waals surface area contributed by atoms with Crippen LogP contribution >= 0.6 is 0 Å². The highest BCUT2D eigenvalue weighted by Crippen LogP contribution is 2.26. The fourth-order valence-electron chi connectivity index (χ4n) is 2.26. The van der Waals surface area contributed by atoms with Gasteiger partial charge in [0, 0.05) is 18.0 Å². The van der Waals surface area contributed by atoms with Gasteiger partial charge in [0.25, 0.3) is 0 Å². The van der Waals surface area contributed by atoms with E-state index >= 15 is 0 Å². The second-order valence-electron chi connectivity index (χ2n) is 5.28. The highest BCUT2D eigenvalue weighted by molar-refractivity contribution is 5.50. The van der Waals surface area contributed by atoms with E-state index in [1.807, 2.05) is 38.1 Å². The van der Waals surface area contributed by atoms with Crippen LogP contribution in [0.2, 0.25) is 0 Å². The van der Waals surface area contributed by atoms with E-state index in [4.69, 9.17) is 10.00 Å². The molecule has 1 aromatic carbocycles. The summed E-state index contributed by atoms with van der Waals surface area (Å²) in [5, 5.41) is 8.96. The predicted molar refractivity (Wildman–Crippen MR) is 90.6 cm³/mol. The molecule has 0 amide bonds. The number of aryl methyl sites for hydroxylation is 2. The van der Waals surface area contributed by atoms with E-state index in [9.17, 15) is 0 Å². The quantitative estimate of drug-likeness (QED) is 0.725. The zero-order valence-electron chi connectivity index (χ0n) is 13.5. The molecule has 0 spiro atoms. The highest BCUT2D eigenvalue weighted by Gasteiger charge is 2.10. The van der Waals surface area contributed by atoms with Crippen molar-refractivity contribution >= 4 is 0 Å². The maximum Gasteiger partial charge on any atom is 0.223 e. The Hall–Kier alpha value is -3.26. The third-order valence-corrected chi connectivity index (χ3v) is 3.53. The molecule has 0 aliphatic carbocycles. The lowest BCUT2D eigenvalue weighted by Crippen LogP contribution is -1.99. The topological polar surface area (TPSA) is 71.7 Å². The molecule has 0 saturated carbocycles. The molecule has 0 atom stereocenters. The molecule has 3 aromatic rings. The van der Waals surface area contributed by atoms with Gasteiger partial charge in [0.1, 0.15) is 11.4 Å². The zero-order chi connectivity index (χ0) is 16.9. The summed E-state index contributed by atoms with van der Waals surface area (Å²) in [5.41, 5.74) is 3.07. The van der Waals surface area contributed by atoms with E-state index in [0.29, 0.717) is 28.7 Å². The summed E-state index contributed by atoms with van der Waals surface area (Å²) in [6.07, 6.45) is 2.48. The van der Waals surface area contributed by atoms with Gasteiger partial charge in [-0.3, -0.25) is 4.98 Å². The number of nitrogens with zero attached hydrogens (tertiary/aromatic N) is 4. The van der Waals surface area contributed by atoms with Crippen LogP contribution in [-0.4, -0.2) is 15.0 Å². The number of aromatic nitrogens is 3. The van der Waals surface area contributed by atoms with Gasteiger partial charge < -0.3 is 4.74 Å². The Morgan fingerprint density at radius 3 is 2.67 bits per heavy atom. The van der Waals surface area contributed by atoms with Crippen molar-refractivity contribution in [1.29, 1.82) is 5.26 Å². The minimum atomic E-state index is 0.468. The average molecular weight is 316 g/mol. The van der Waals surface area contributed by atoms with E-state index in [1.54, 1.807) is 24.4 Å². The summed E-state index contributed by atoms with van der Waals surface area (Å²) in [6, 6.07) is 14.9. The molecule has 0 saturated heterocycles. The summed E-state index contributed by atoms with van der Waals surface area (Å²) in [7, 11) is 0. The Balaban J connectivity index is 1.98. The Labute approximate surface area is 140 Å². The maximum atomic E-state index is 8.96. The monoisotopic (exact) mass is 316 g/mol. The van der Waals surface area contributed by atoms with Gasteiger partial charge in [-0.2, -0.15) is 10.2 Å². The third kappa shape index (κ3) is 3.39. The van der Waals surface area contributed by atoms with Crippen LogP contribution in [0.15, 0.2) is 48.7 Å². The molecule has 0 aliphatic rings. The molecule has 0 aliphatic heterocycles. The average Bonchev–Trinajstić information content (AvgIpc) is 2.63. The molecule has 5 heteroatoms. The molecule has 3 rings (SSSR count). The van der Waals surface area contributed by atoms with Gasteiger partial charge in [0.05, 0.1) is 11.6 Å². The maximum absolute atomic E-state index is 8.96. The van der Waals surface area contributed by atoms with E-state index in [0.717, 1.165) is 17.7 Å². The predicted octanol–water partition coefficient (Wildman–Crippen LogP) is 4.07. The number of ether oxygens (including phenoxy) is 1. The van der Waals surface area contributed by atoms with Gasteiger partial charge in [-0.05, 0) is 49.2 Å². The summed E-state index contributed by atoms with van der Waals surface area (Å²) < 4.78 is 5.92. The minimum Gasteiger partial charge on any atom is -0.439 e. The van der Waals surface area contributed by atoms with E-state index in [1.165, 1.54) is 0 Å². The Kier molecular flexibility index (Phi) is 4.48. The molecule has 118 valence electrons. The number of hydrogen-bond acceptors (Lipinski definition) is 5. The number of benzene rings is 1. The molecule has 0 bridgehead atoms. The Morgan fingerprint density at radius 1 is 1.12 bits per heavy atom. The molecular formula is C19H16N4O. The SMILES string of the molecule is CCc1cc(Oc2ccc(C#N)cc2C)nc(-c2ccccn2)n1. The molecule has 24 heavy (non-hydrogen) atoms. The largest absolute Gasteiger partial charge is 0.439 e. The van der Waals surface area contributed by atoms with Crippen LogP contribution in [0.1, 0.15) is 23.7 Å². The summed E-state index contributed by atoms with van der Waals surface area (Å²) >= 11 is 0. The molecule has 2 heterocycles. The lowest BCUT2D eigenvalue weighted by atomic mass is 10.1. The zero-order valence-corrected chi connectivity index (χ0v) is 13.5. The second kappa shape index (κ2) is 6.88. The van der Waals surface area contributed by atoms with E-state index < -0.39 is 0 Å². The summed E-state index contributed by atoms with van der Waals surface area (Å²) in [5.74, 6) is 1.67. The molecular weight excluding hydrogens is 300 g/mol. The lowest BCUT2D eigenvalue weighted by Gasteiger charge is -2.10. The highest BCUT2D eigenvalue weighted by atomic mass is 16.5. The molecule has 0 fully saturated rings. The van der Waals surface area contributed by atoms with Crippen LogP contribution in [0.5, 0.6) is 11.6 Å². The van der Waals surface area contributed by atoms with Crippen LogP contribution in [0.4, 0.5) is 0 Å². The van der Waals surface area contributed by atoms with E-state index in [2.05, 4.69) is 21.0 Å². The van der Waals surface area contributed by atoms with Crippen molar-refractivity contribution < 1.29 is 4.74 Å². The van der Waals surface area contributed by atoms with Crippen LogP contribution in [-0.2, 0) is 6.42 Å². The Morgan fingerprint density at radius 2 is 2.00 bits per heavy atom. The Bertz CT molecular complexity index is 901. The van der Waals surface area contributed by atoms with Gasteiger partial charge in [-0.1, -0.05) is 13.0 Å². The summed E-state index contributed by atoms with van der Waals surface area (Å²) in [4.78, 5) is 13.3. The van der Waals surface area contributed by atoms with Crippen molar-refractivity contribution in [3.05, 3.63) is 65.5 Å². The van der Waals surface area contributed by atoms with Crippen molar-refractivity contribution in [2.75, 3.05) is 0 Å². The minimum absolute atomic E-state index is 0.468. The first-order valence-corrected chi connectivity index (χ1v) is 7.67. The van der Waals surface area contributed by atoms with Gasteiger partial charge in [0.15, 0.2) is 5.82 Å². The fourth-order valence-corrected chi connectivity index (χ4v) is 2.26. The smallest absolute Gasteiger partial charge is 0.223 e. The van der Waals surface area contributed by atoms with Crippen LogP contribution in [0, 0.1) is 18.3 Å². The first-order chi connectivity index (χ1) is 11.7. The van der Waals surface area contributed by atoms with Gasteiger partial charge >= 0.3 is 0 Å². The number of nitriles is 1. The molecule has 0 radical (unpaired) electrons. The lowest BCUT2D eigenvalue weighted by molar-refractivity contribution is 0.457. The normalized spacial score (nSPS) is 10.2. The van der Waals surface area contributed by atoms with Crippen molar-refractivity contribution in [3.63, 3.8) is 0 Å². The molecule has 2 aromatic heterocycles. The number of rotatable bonds is 4. The third-order valence-electron chi connectivity index (χ3n) is 3.53. The first kappa shape index (κ1) is 15.6. The van der Waals surface area contributed by atoms with Crippen LogP contribution in [0.25, 0.3) is 11.5 Å². The van der Waals surface area contributed by atoms with Crippen molar-refractivity contribution in [2.45, 2.75) is 20.3 Å². The fraction of sp³-hybridized carbons (Fsp3) is 0.158. The standard InChI is InChI=1S/C19H16N4O/c1-3-15-11-18(23-19(22-15)16-6-4-5-9-21-16)24-17-8-7-14(12-20)10-13(17)2/h4-11H,3H2,1-2H3. The van der Waals surface area contributed by atoms with Gasteiger partial charge in [-0.25, -0.2) is 4.98 Å². The van der Waals surface area contributed by atoms with Gasteiger partial charge in [-0.15, -0.1) is 0 Å². The molecule has 0 unspecified atom stereocenters. The second-order valence-corrected chi connectivity index (χ2v) is 5.28. The van der Waals surface area contributed by atoms with Crippen molar-refractivity contribution in [2.24, 2.45) is 0 Å². The number of hydrogen-bond donors (Lipinski definition) is 0. The molecule has 0 N–H and O–H groups in total. The number of pyridine rings is 1. The van der Waals surface area contributed by atoms with Crippen LogP contribution in [0.3, 0.4) is 0 Å². The van der Waals surface area contributed by atoms with Crippen LogP contribution < -0.4 is 4.74 Å². The summed E-state index contributed by atoms with van der Waals surface area (Å²) in [6.45, 7) is 3.93. The van der Waals surface area contributed by atoms with Gasteiger partial charge in [0.2, 0.25) is 5.88 Å².